The Bertz CT molecular complexity index is 426. The second-order valence-electron chi connectivity index (χ2n) is 7.47. The van der Waals surface area contributed by atoms with Crippen LogP contribution in [0.4, 0.5) is 0 Å². The summed E-state index contributed by atoms with van der Waals surface area (Å²) < 4.78 is 11.2. The third-order valence-corrected chi connectivity index (χ3v) is 6.11. The average Bonchev–Trinajstić information content (AvgIpc) is 2.93. The van der Waals surface area contributed by atoms with Crippen molar-refractivity contribution >= 4 is 5.91 Å². The summed E-state index contributed by atoms with van der Waals surface area (Å²) in [6, 6.07) is 0.197. The summed E-state index contributed by atoms with van der Waals surface area (Å²) >= 11 is 0. The summed E-state index contributed by atoms with van der Waals surface area (Å²) in [6.07, 6.45) is 5.26. The number of rotatable bonds is 3. The molecule has 2 saturated carbocycles. The van der Waals surface area contributed by atoms with Crippen LogP contribution >= 0.6 is 0 Å². The number of amides is 1. The highest BCUT2D eigenvalue weighted by Crippen LogP contribution is 2.57. The van der Waals surface area contributed by atoms with E-state index in [4.69, 9.17) is 15.2 Å². The third kappa shape index (κ3) is 2.13. The Morgan fingerprint density at radius 1 is 1.33 bits per heavy atom. The highest BCUT2D eigenvalue weighted by atomic mass is 16.5. The molecule has 120 valence electrons. The van der Waals surface area contributed by atoms with Gasteiger partial charge in [0.25, 0.3) is 0 Å². The van der Waals surface area contributed by atoms with Crippen molar-refractivity contribution in [1.82, 2.24) is 5.32 Å². The molecule has 21 heavy (non-hydrogen) atoms. The Balaban J connectivity index is 1.68. The Morgan fingerprint density at radius 3 is 2.76 bits per heavy atom. The van der Waals surface area contributed by atoms with Gasteiger partial charge in [0.05, 0.1) is 12.2 Å². The first kappa shape index (κ1) is 15.3. The van der Waals surface area contributed by atoms with Gasteiger partial charge in [-0.2, -0.15) is 0 Å². The molecule has 1 heterocycles. The lowest BCUT2D eigenvalue weighted by Crippen LogP contribution is -2.82. The molecule has 3 aliphatic rings. The summed E-state index contributed by atoms with van der Waals surface area (Å²) in [7, 11) is 1.73. The van der Waals surface area contributed by atoms with E-state index in [0.29, 0.717) is 0 Å². The zero-order chi connectivity index (χ0) is 15.3. The molecule has 1 saturated heterocycles. The second kappa shape index (κ2) is 5.21. The van der Waals surface area contributed by atoms with Crippen molar-refractivity contribution in [2.75, 3.05) is 13.7 Å². The van der Waals surface area contributed by atoms with Crippen LogP contribution in [0.1, 0.15) is 46.0 Å². The highest BCUT2D eigenvalue weighted by Gasteiger charge is 2.70. The summed E-state index contributed by atoms with van der Waals surface area (Å²) in [5.74, 6) is 0.155. The van der Waals surface area contributed by atoms with E-state index in [1.54, 1.807) is 7.11 Å². The van der Waals surface area contributed by atoms with Gasteiger partial charge in [-0.1, -0.05) is 13.8 Å². The van der Waals surface area contributed by atoms with Gasteiger partial charge in [-0.15, -0.1) is 0 Å². The average molecular weight is 296 g/mol. The van der Waals surface area contributed by atoms with Crippen LogP contribution < -0.4 is 11.1 Å². The zero-order valence-electron chi connectivity index (χ0n) is 13.4. The van der Waals surface area contributed by atoms with E-state index in [9.17, 15) is 4.79 Å². The van der Waals surface area contributed by atoms with Crippen LogP contribution in [0.25, 0.3) is 0 Å². The molecule has 0 aromatic carbocycles. The molecule has 3 N–H and O–H groups in total. The largest absolute Gasteiger partial charge is 0.381 e. The summed E-state index contributed by atoms with van der Waals surface area (Å²) in [6.45, 7) is 4.91. The number of nitrogens with two attached hydrogens (primary N) is 1. The van der Waals surface area contributed by atoms with Crippen LogP contribution in [0.15, 0.2) is 0 Å². The molecule has 2 aliphatic carbocycles. The molecule has 5 unspecified atom stereocenters. The van der Waals surface area contributed by atoms with Gasteiger partial charge in [-0.3, -0.25) is 4.79 Å². The van der Waals surface area contributed by atoms with Gasteiger partial charge in [-0.25, -0.2) is 0 Å². The Hall–Kier alpha value is -0.650. The van der Waals surface area contributed by atoms with Crippen molar-refractivity contribution < 1.29 is 14.3 Å². The maximum absolute atomic E-state index is 12.8. The van der Waals surface area contributed by atoms with Crippen LogP contribution in [-0.2, 0) is 14.3 Å². The fourth-order valence-electron chi connectivity index (χ4n) is 4.63. The van der Waals surface area contributed by atoms with Gasteiger partial charge in [0, 0.05) is 31.1 Å². The quantitative estimate of drug-likeness (QED) is 0.821. The molecule has 0 aromatic rings. The fraction of sp³-hybridized carbons (Fsp3) is 0.938. The monoisotopic (exact) mass is 296 g/mol. The van der Waals surface area contributed by atoms with Crippen LogP contribution in [0, 0.1) is 11.3 Å². The number of carbonyl (C=O) groups is 1. The van der Waals surface area contributed by atoms with Gasteiger partial charge < -0.3 is 20.5 Å². The van der Waals surface area contributed by atoms with Crippen molar-refractivity contribution in [3.05, 3.63) is 0 Å². The summed E-state index contributed by atoms with van der Waals surface area (Å²) in [4.78, 5) is 12.8. The topological polar surface area (TPSA) is 73.6 Å². The van der Waals surface area contributed by atoms with Gasteiger partial charge >= 0.3 is 0 Å². The molecule has 1 aliphatic heterocycles. The first-order valence-electron chi connectivity index (χ1n) is 8.15. The molecule has 0 aromatic heterocycles. The first-order chi connectivity index (χ1) is 9.91. The molecule has 3 rings (SSSR count). The van der Waals surface area contributed by atoms with E-state index in [0.717, 1.165) is 38.7 Å². The van der Waals surface area contributed by atoms with E-state index in [1.165, 1.54) is 0 Å². The van der Waals surface area contributed by atoms with Crippen LogP contribution in [0.3, 0.4) is 0 Å². The van der Waals surface area contributed by atoms with Crippen molar-refractivity contribution in [1.29, 1.82) is 0 Å². The van der Waals surface area contributed by atoms with E-state index in [2.05, 4.69) is 19.2 Å². The Kier molecular flexibility index (Phi) is 3.79. The lowest BCUT2D eigenvalue weighted by molar-refractivity contribution is -0.225. The molecule has 0 radical (unpaired) electrons. The molecule has 0 spiro atoms. The van der Waals surface area contributed by atoms with E-state index < -0.39 is 5.54 Å². The predicted molar refractivity (Wildman–Crippen MR) is 79.7 cm³/mol. The molecule has 0 bridgehead atoms. The third-order valence-electron chi connectivity index (χ3n) is 6.11. The highest BCUT2D eigenvalue weighted by molar-refractivity contribution is 5.89. The number of nitrogens with one attached hydrogen (secondary N) is 1. The standard InChI is InChI=1S/C16H28N2O3/c1-15(2)13-12(5-4-8-21-13)16(15,17)14(19)18-10-6-7-11(9-10)20-3/h10-13H,4-9,17H2,1-3H3,(H,18,19). The minimum absolute atomic E-state index is 0.000929. The van der Waals surface area contributed by atoms with Gasteiger partial charge in [0.15, 0.2) is 0 Å². The minimum Gasteiger partial charge on any atom is -0.381 e. The summed E-state index contributed by atoms with van der Waals surface area (Å²) in [5.41, 5.74) is 5.49. The van der Waals surface area contributed by atoms with E-state index >= 15 is 0 Å². The van der Waals surface area contributed by atoms with Crippen molar-refractivity contribution in [2.45, 2.75) is 69.7 Å². The van der Waals surface area contributed by atoms with Crippen LogP contribution in [0.5, 0.6) is 0 Å². The fourth-order valence-corrected chi connectivity index (χ4v) is 4.63. The minimum atomic E-state index is -0.802. The van der Waals surface area contributed by atoms with Crippen molar-refractivity contribution in [3.63, 3.8) is 0 Å². The lowest BCUT2D eigenvalue weighted by atomic mass is 9.46. The van der Waals surface area contributed by atoms with Crippen molar-refractivity contribution in [2.24, 2.45) is 17.1 Å². The molecule has 3 fully saturated rings. The molecule has 5 atom stereocenters. The second-order valence-corrected chi connectivity index (χ2v) is 7.47. The number of carbonyl (C=O) groups excluding carboxylic acids is 1. The number of methoxy groups -OCH3 is 1. The number of hydrogen-bond acceptors (Lipinski definition) is 4. The smallest absolute Gasteiger partial charge is 0.241 e. The van der Waals surface area contributed by atoms with Gasteiger partial charge in [0.2, 0.25) is 5.91 Å². The maximum atomic E-state index is 12.8. The predicted octanol–water partition coefficient (Wildman–Crippen LogP) is 1.20. The summed E-state index contributed by atoms with van der Waals surface area (Å²) in [5, 5.41) is 3.17. The molecular formula is C16H28N2O3. The van der Waals surface area contributed by atoms with E-state index in [1.807, 2.05) is 0 Å². The Labute approximate surface area is 126 Å². The van der Waals surface area contributed by atoms with Gasteiger partial charge in [-0.05, 0) is 32.1 Å². The SMILES string of the molecule is COC1CCC(NC(=O)C2(N)C3CCCOC3C2(C)C)C1. The molecular weight excluding hydrogens is 268 g/mol. The molecule has 1 amide bonds. The number of ether oxygens (including phenoxy) is 2. The van der Waals surface area contributed by atoms with Crippen molar-refractivity contribution in [3.8, 4) is 0 Å². The number of fused-ring (bicyclic) bond motifs is 1. The zero-order valence-corrected chi connectivity index (χ0v) is 13.4. The molecule has 5 heteroatoms. The normalized spacial score (nSPS) is 44.8. The maximum Gasteiger partial charge on any atom is 0.241 e. The van der Waals surface area contributed by atoms with Crippen LogP contribution in [-0.4, -0.2) is 43.4 Å². The first-order valence-corrected chi connectivity index (χ1v) is 8.15. The van der Waals surface area contributed by atoms with E-state index in [-0.39, 0.29) is 35.5 Å². The van der Waals surface area contributed by atoms with Crippen LogP contribution in [0.2, 0.25) is 0 Å². The Morgan fingerprint density at radius 2 is 2.10 bits per heavy atom. The van der Waals surface area contributed by atoms with Gasteiger partial charge in [0.1, 0.15) is 5.54 Å². The molecule has 5 nitrogen and oxygen atoms in total. The number of hydrogen-bond donors (Lipinski definition) is 2. The lowest BCUT2D eigenvalue weighted by Gasteiger charge is -2.65.